The molecule has 0 unspecified atom stereocenters. The van der Waals surface area contributed by atoms with Crippen LogP contribution in [0.15, 0.2) is 0 Å². The molecule has 3 N–H and O–H groups in total. The Kier molecular flexibility index (Phi) is 3.74. The summed E-state index contributed by atoms with van der Waals surface area (Å²) in [6.45, 7) is -0.994. The molecule has 0 bridgehead atoms. The molecule has 0 amide bonds. The van der Waals surface area contributed by atoms with E-state index in [1.165, 1.54) is 0 Å². The maximum atomic E-state index is 9.68. The zero-order valence-electron chi connectivity index (χ0n) is 4.65. The summed E-state index contributed by atoms with van der Waals surface area (Å²) in [5.41, 5.74) is 0. The SMILES string of the molecule is O=C(O)OC(CO)CO. The summed E-state index contributed by atoms with van der Waals surface area (Å²) < 4.78 is 3.97. The number of rotatable bonds is 3. The highest BCUT2D eigenvalue weighted by Gasteiger charge is 2.09. The number of carbonyl (C=O) groups is 1. The van der Waals surface area contributed by atoms with Crippen LogP contribution in [0.3, 0.4) is 0 Å². The molecule has 0 saturated heterocycles. The number of aliphatic hydroxyl groups excluding tert-OH is 2. The summed E-state index contributed by atoms with van der Waals surface area (Å²) in [4.78, 5) is 9.68. The molecule has 0 fully saturated rings. The van der Waals surface area contributed by atoms with Gasteiger partial charge in [-0.3, -0.25) is 0 Å². The third kappa shape index (κ3) is 3.75. The molecule has 0 aromatic rings. The lowest BCUT2D eigenvalue weighted by Crippen LogP contribution is -2.24. The monoisotopic (exact) mass is 136 g/mol. The van der Waals surface area contributed by atoms with Crippen molar-refractivity contribution in [3.05, 3.63) is 0 Å². The van der Waals surface area contributed by atoms with Crippen LogP contribution in [0, 0.1) is 0 Å². The van der Waals surface area contributed by atoms with Crippen molar-refractivity contribution in [3.8, 4) is 0 Å². The lowest BCUT2D eigenvalue weighted by Gasteiger charge is -2.07. The van der Waals surface area contributed by atoms with Crippen LogP contribution < -0.4 is 0 Å². The van der Waals surface area contributed by atoms with E-state index in [0.717, 1.165) is 0 Å². The Balaban J connectivity index is 3.43. The van der Waals surface area contributed by atoms with Gasteiger partial charge in [0.05, 0.1) is 13.2 Å². The van der Waals surface area contributed by atoms with Gasteiger partial charge < -0.3 is 20.1 Å². The van der Waals surface area contributed by atoms with E-state index >= 15 is 0 Å². The van der Waals surface area contributed by atoms with Gasteiger partial charge in [-0.25, -0.2) is 4.79 Å². The molecule has 5 heteroatoms. The van der Waals surface area contributed by atoms with Gasteiger partial charge in [0.15, 0.2) is 6.10 Å². The molecule has 0 radical (unpaired) electrons. The van der Waals surface area contributed by atoms with Gasteiger partial charge >= 0.3 is 6.16 Å². The van der Waals surface area contributed by atoms with Crippen LogP contribution >= 0.6 is 0 Å². The summed E-state index contributed by atoms with van der Waals surface area (Å²) >= 11 is 0. The fourth-order valence-corrected chi connectivity index (χ4v) is 0.275. The molecular formula is C4H8O5. The number of hydrogen-bond acceptors (Lipinski definition) is 4. The molecule has 0 spiro atoms. The van der Waals surface area contributed by atoms with E-state index in [0.29, 0.717) is 0 Å². The third-order valence-corrected chi connectivity index (χ3v) is 0.675. The van der Waals surface area contributed by atoms with Gasteiger partial charge in [-0.15, -0.1) is 0 Å². The Morgan fingerprint density at radius 3 is 2.00 bits per heavy atom. The Labute approximate surface area is 51.5 Å². The Morgan fingerprint density at radius 1 is 1.44 bits per heavy atom. The molecule has 0 heterocycles. The van der Waals surface area contributed by atoms with Crippen LogP contribution in [0.2, 0.25) is 0 Å². The molecule has 0 atom stereocenters. The lowest BCUT2D eigenvalue weighted by atomic mass is 10.4. The predicted octanol–water partition coefficient (Wildman–Crippen LogP) is -0.966. The number of hydrogen-bond donors (Lipinski definition) is 3. The van der Waals surface area contributed by atoms with Crippen molar-refractivity contribution < 1.29 is 24.9 Å². The largest absolute Gasteiger partial charge is 0.506 e. The summed E-state index contributed by atoms with van der Waals surface area (Å²) in [7, 11) is 0. The topological polar surface area (TPSA) is 87.0 Å². The van der Waals surface area contributed by atoms with Crippen LogP contribution in [0.1, 0.15) is 0 Å². The number of carboxylic acid groups (broad SMARTS) is 1. The molecule has 0 aromatic carbocycles. The van der Waals surface area contributed by atoms with Crippen LogP contribution in [-0.2, 0) is 4.74 Å². The van der Waals surface area contributed by atoms with E-state index in [-0.39, 0.29) is 0 Å². The highest BCUT2D eigenvalue weighted by atomic mass is 16.7. The van der Waals surface area contributed by atoms with Crippen molar-refractivity contribution >= 4 is 6.16 Å². The molecule has 5 nitrogen and oxygen atoms in total. The second-order valence-electron chi connectivity index (χ2n) is 1.37. The molecule has 0 aliphatic carbocycles. The molecule has 0 aliphatic rings. The van der Waals surface area contributed by atoms with E-state index in [4.69, 9.17) is 15.3 Å². The fourth-order valence-electron chi connectivity index (χ4n) is 0.275. The number of aliphatic hydroxyl groups is 2. The van der Waals surface area contributed by atoms with Crippen LogP contribution in [-0.4, -0.2) is 40.8 Å². The van der Waals surface area contributed by atoms with E-state index in [1.54, 1.807) is 0 Å². The van der Waals surface area contributed by atoms with Crippen molar-refractivity contribution in [2.75, 3.05) is 13.2 Å². The smallest absolute Gasteiger partial charge is 0.450 e. The van der Waals surface area contributed by atoms with Crippen LogP contribution in [0.5, 0.6) is 0 Å². The highest BCUT2D eigenvalue weighted by Crippen LogP contribution is 1.88. The quantitative estimate of drug-likeness (QED) is 0.435. The first-order valence-corrected chi connectivity index (χ1v) is 2.32. The maximum absolute atomic E-state index is 9.68. The van der Waals surface area contributed by atoms with E-state index in [9.17, 15) is 4.79 Å². The molecule has 0 saturated carbocycles. The second kappa shape index (κ2) is 4.11. The minimum absolute atomic E-state index is 0.497. The first-order chi connectivity index (χ1) is 4.20. The lowest BCUT2D eigenvalue weighted by molar-refractivity contribution is -0.00279. The summed E-state index contributed by atoms with van der Waals surface area (Å²) in [5, 5.41) is 24.4. The zero-order chi connectivity index (χ0) is 7.28. The Hall–Kier alpha value is -0.810. The average Bonchev–Trinajstić information content (AvgIpc) is 1.82. The standard InChI is InChI=1S/C4H8O5/c5-1-3(2-6)9-4(7)8/h3,5-6H,1-2H2,(H,7,8). The van der Waals surface area contributed by atoms with E-state index in [1.807, 2.05) is 0 Å². The molecule has 0 aliphatic heterocycles. The van der Waals surface area contributed by atoms with Gasteiger partial charge in [-0.1, -0.05) is 0 Å². The van der Waals surface area contributed by atoms with Gasteiger partial charge in [0, 0.05) is 0 Å². The van der Waals surface area contributed by atoms with Gasteiger partial charge in [0.1, 0.15) is 0 Å². The van der Waals surface area contributed by atoms with Gasteiger partial charge in [-0.2, -0.15) is 0 Å². The highest BCUT2D eigenvalue weighted by molar-refractivity contribution is 5.57. The maximum Gasteiger partial charge on any atom is 0.506 e. The summed E-state index contributed by atoms with van der Waals surface area (Å²) in [6.07, 6.45) is -2.51. The minimum Gasteiger partial charge on any atom is -0.450 e. The number of ether oxygens (including phenoxy) is 1. The second-order valence-corrected chi connectivity index (χ2v) is 1.37. The average molecular weight is 136 g/mol. The first kappa shape index (κ1) is 8.19. The van der Waals surface area contributed by atoms with Crippen LogP contribution in [0.4, 0.5) is 4.79 Å². The van der Waals surface area contributed by atoms with Crippen molar-refractivity contribution in [1.82, 2.24) is 0 Å². The van der Waals surface area contributed by atoms with Crippen LogP contribution in [0.25, 0.3) is 0 Å². The minimum atomic E-state index is -1.50. The summed E-state index contributed by atoms with van der Waals surface area (Å²) in [6, 6.07) is 0. The Bertz CT molecular complexity index is 87.0. The van der Waals surface area contributed by atoms with Gasteiger partial charge in [-0.05, 0) is 0 Å². The fraction of sp³-hybridized carbons (Fsp3) is 0.750. The Morgan fingerprint density at radius 2 is 1.89 bits per heavy atom. The van der Waals surface area contributed by atoms with Crippen molar-refractivity contribution in [2.24, 2.45) is 0 Å². The summed E-state index contributed by atoms with van der Waals surface area (Å²) in [5.74, 6) is 0. The van der Waals surface area contributed by atoms with Gasteiger partial charge in [0.2, 0.25) is 0 Å². The molecule has 0 rings (SSSR count). The third-order valence-electron chi connectivity index (χ3n) is 0.675. The normalized spacial score (nSPS) is 9.67. The predicted molar refractivity (Wildman–Crippen MR) is 27.1 cm³/mol. The van der Waals surface area contributed by atoms with Crippen molar-refractivity contribution in [1.29, 1.82) is 0 Å². The van der Waals surface area contributed by atoms with Crippen molar-refractivity contribution in [3.63, 3.8) is 0 Å². The van der Waals surface area contributed by atoms with Crippen molar-refractivity contribution in [2.45, 2.75) is 6.10 Å². The molecule has 54 valence electrons. The molecular weight excluding hydrogens is 128 g/mol. The first-order valence-electron chi connectivity index (χ1n) is 2.32. The molecule has 0 aromatic heterocycles. The molecule has 9 heavy (non-hydrogen) atoms. The van der Waals surface area contributed by atoms with Gasteiger partial charge in [0.25, 0.3) is 0 Å². The van der Waals surface area contributed by atoms with E-state index in [2.05, 4.69) is 4.74 Å². The van der Waals surface area contributed by atoms with E-state index < -0.39 is 25.5 Å². The zero-order valence-corrected chi connectivity index (χ0v) is 4.65.